The first-order valence-electron chi connectivity index (χ1n) is 8.66. The van der Waals surface area contributed by atoms with Crippen molar-refractivity contribution in [2.45, 2.75) is 38.6 Å². The van der Waals surface area contributed by atoms with Crippen molar-refractivity contribution in [1.29, 1.82) is 0 Å². The Bertz CT molecular complexity index is 737. The molecule has 1 N–H and O–H groups in total. The van der Waals surface area contributed by atoms with Gasteiger partial charge in [-0.2, -0.15) is 5.10 Å². The molecule has 25 heavy (non-hydrogen) atoms. The van der Waals surface area contributed by atoms with Crippen LogP contribution >= 0.6 is 0 Å². The summed E-state index contributed by atoms with van der Waals surface area (Å²) in [6.45, 7) is 2.16. The molecule has 1 fully saturated rings. The molecule has 1 amide bonds. The zero-order chi connectivity index (χ0) is 17.8. The molecular weight excluding hydrogens is 318 g/mol. The van der Waals surface area contributed by atoms with Crippen molar-refractivity contribution >= 4 is 11.7 Å². The van der Waals surface area contributed by atoms with E-state index in [1.54, 1.807) is 20.4 Å². The third kappa shape index (κ3) is 4.13. The quantitative estimate of drug-likeness (QED) is 0.797. The van der Waals surface area contributed by atoms with E-state index in [2.05, 4.69) is 17.3 Å². The van der Waals surface area contributed by atoms with E-state index in [-0.39, 0.29) is 5.91 Å². The Morgan fingerprint density at radius 2 is 2.04 bits per heavy atom. The van der Waals surface area contributed by atoms with Crippen molar-refractivity contribution in [2.75, 3.05) is 19.5 Å². The lowest BCUT2D eigenvalue weighted by atomic mass is 10.1. The second-order valence-electron chi connectivity index (χ2n) is 6.48. The van der Waals surface area contributed by atoms with Gasteiger partial charge in [0.05, 0.1) is 26.5 Å². The van der Waals surface area contributed by atoms with Gasteiger partial charge >= 0.3 is 0 Å². The van der Waals surface area contributed by atoms with Gasteiger partial charge in [-0.25, -0.2) is 4.68 Å². The van der Waals surface area contributed by atoms with E-state index in [0.29, 0.717) is 36.3 Å². The molecule has 6 nitrogen and oxygen atoms in total. The maximum absolute atomic E-state index is 12.3. The number of aryl methyl sites for hydroxylation is 1. The Morgan fingerprint density at radius 3 is 2.72 bits per heavy atom. The number of aromatic nitrogens is 2. The van der Waals surface area contributed by atoms with Crippen molar-refractivity contribution in [2.24, 2.45) is 5.92 Å². The molecule has 1 aromatic heterocycles. The molecule has 134 valence electrons. The van der Waals surface area contributed by atoms with Crippen molar-refractivity contribution in [3.8, 4) is 11.5 Å². The molecule has 0 bridgehead atoms. The van der Waals surface area contributed by atoms with Crippen LogP contribution in [0.5, 0.6) is 11.5 Å². The van der Waals surface area contributed by atoms with Gasteiger partial charge < -0.3 is 14.8 Å². The second kappa shape index (κ2) is 7.59. The third-order valence-electron chi connectivity index (χ3n) is 4.72. The summed E-state index contributed by atoms with van der Waals surface area (Å²) >= 11 is 0. The molecule has 1 atom stereocenters. The average Bonchev–Trinajstić information content (AvgIpc) is 3.38. The molecule has 0 radical (unpaired) electrons. The number of nitrogens with zero attached hydrogens (tertiary/aromatic N) is 2. The number of hydrogen-bond acceptors (Lipinski definition) is 4. The van der Waals surface area contributed by atoms with Gasteiger partial charge in [-0.15, -0.1) is 0 Å². The molecular formula is C19H25N3O3. The van der Waals surface area contributed by atoms with Gasteiger partial charge in [0.2, 0.25) is 5.91 Å². The number of carbonyl (C=O) groups is 1. The predicted octanol–water partition coefficient (Wildman–Crippen LogP) is 3.44. The van der Waals surface area contributed by atoms with Crippen molar-refractivity contribution in [3.05, 3.63) is 36.0 Å². The molecule has 0 aliphatic heterocycles. The summed E-state index contributed by atoms with van der Waals surface area (Å²) in [6.07, 6.45) is 5.27. The lowest BCUT2D eigenvalue weighted by Gasteiger charge is -2.15. The first kappa shape index (κ1) is 17.3. The Labute approximate surface area is 148 Å². The topological polar surface area (TPSA) is 65.4 Å². The lowest BCUT2D eigenvalue weighted by Crippen LogP contribution is -2.18. The van der Waals surface area contributed by atoms with Crippen molar-refractivity contribution in [3.63, 3.8) is 0 Å². The molecule has 0 spiro atoms. The first-order valence-corrected chi connectivity index (χ1v) is 8.66. The SMILES string of the molecule is COc1ccc(CCC(=O)Nc2ccnn2C(C)C2CC2)cc1OC. The van der Waals surface area contributed by atoms with Gasteiger partial charge in [0, 0.05) is 12.5 Å². The molecule has 2 aromatic rings. The summed E-state index contributed by atoms with van der Waals surface area (Å²) in [5.41, 5.74) is 1.03. The van der Waals surface area contributed by atoms with E-state index in [1.807, 2.05) is 28.9 Å². The third-order valence-corrected chi connectivity index (χ3v) is 4.72. The zero-order valence-electron chi connectivity index (χ0n) is 15.0. The van der Waals surface area contributed by atoms with Crippen molar-refractivity contribution < 1.29 is 14.3 Å². The lowest BCUT2D eigenvalue weighted by molar-refractivity contribution is -0.116. The van der Waals surface area contributed by atoms with Crippen LogP contribution < -0.4 is 14.8 Å². The summed E-state index contributed by atoms with van der Waals surface area (Å²) in [5, 5.41) is 7.34. The van der Waals surface area contributed by atoms with Crippen LogP contribution in [0.2, 0.25) is 0 Å². The van der Waals surface area contributed by atoms with Crippen LogP contribution in [-0.2, 0) is 11.2 Å². The summed E-state index contributed by atoms with van der Waals surface area (Å²) in [7, 11) is 3.22. The van der Waals surface area contributed by atoms with Crippen LogP contribution in [0.3, 0.4) is 0 Å². The van der Waals surface area contributed by atoms with Crippen LogP contribution in [0, 0.1) is 5.92 Å². The number of anilines is 1. The standard InChI is InChI=1S/C19H25N3O3/c1-13(15-6-7-15)22-18(10-11-20-22)21-19(23)9-5-14-4-8-16(24-2)17(12-14)25-3/h4,8,10-13,15H,5-7,9H2,1-3H3,(H,21,23). The highest BCUT2D eigenvalue weighted by molar-refractivity contribution is 5.90. The molecule has 6 heteroatoms. The van der Waals surface area contributed by atoms with Crippen LogP contribution in [0.25, 0.3) is 0 Å². The van der Waals surface area contributed by atoms with E-state index < -0.39 is 0 Å². The number of hydrogen-bond donors (Lipinski definition) is 1. The van der Waals surface area contributed by atoms with Gasteiger partial charge in [-0.05, 0) is 49.8 Å². The zero-order valence-corrected chi connectivity index (χ0v) is 15.0. The Morgan fingerprint density at radius 1 is 1.28 bits per heavy atom. The average molecular weight is 343 g/mol. The number of methoxy groups -OCH3 is 2. The van der Waals surface area contributed by atoms with Gasteiger partial charge in [0.25, 0.3) is 0 Å². The molecule has 1 aliphatic rings. The molecule has 3 rings (SSSR count). The maximum Gasteiger partial charge on any atom is 0.225 e. The minimum atomic E-state index is -0.0143. The number of rotatable bonds is 8. The van der Waals surface area contributed by atoms with Crippen LogP contribution in [0.4, 0.5) is 5.82 Å². The fraction of sp³-hybridized carbons (Fsp3) is 0.474. The maximum atomic E-state index is 12.3. The van der Waals surface area contributed by atoms with Crippen LogP contribution in [-0.4, -0.2) is 29.9 Å². The van der Waals surface area contributed by atoms with Gasteiger partial charge in [-0.3, -0.25) is 4.79 Å². The van der Waals surface area contributed by atoms with E-state index in [1.165, 1.54) is 12.8 Å². The van der Waals surface area contributed by atoms with Crippen LogP contribution in [0.1, 0.15) is 37.8 Å². The highest BCUT2D eigenvalue weighted by Crippen LogP contribution is 2.40. The van der Waals surface area contributed by atoms with Gasteiger partial charge in [0.1, 0.15) is 5.82 Å². The van der Waals surface area contributed by atoms with Crippen LogP contribution in [0.15, 0.2) is 30.5 Å². The molecule has 0 saturated heterocycles. The van der Waals surface area contributed by atoms with E-state index in [4.69, 9.17) is 9.47 Å². The normalized spacial score (nSPS) is 14.8. The summed E-state index contributed by atoms with van der Waals surface area (Å²) < 4.78 is 12.5. The fourth-order valence-electron chi connectivity index (χ4n) is 3.02. The monoisotopic (exact) mass is 343 g/mol. The van der Waals surface area contributed by atoms with Gasteiger partial charge in [0.15, 0.2) is 11.5 Å². The molecule has 1 heterocycles. The molecule has 1 saturated carbocycles. The number of benzene rings is 1. The fourth-order valence-corrected chi connectivity index (χ4v) is 3.02. The highest BCUT2D eigenvalue weighted by Gasteiger charge is 2.30. The van der Waals surface area contributed by atoms with E-state index >= 15 is 0 Å². The minimum Gasteiger partial charge on any atom is -0.493 e. The summed E-state index contributed by atoms with van der Waals surface area (Å²) in [6, 6.07) is 7.90. The largest absolute Gasteiger partial charge is 0.493 e. The highest BCUT2D eigenvalue weighted by atomic mass is 16.5. The number of amides is 1. The first-order chi connectivity index (χ1) is 12.1. The van der Waals surface area contributed by atoms with E-state index in [9.17, 15) is 4.79 Å². The Kier molecular flexibility index (Phi) is 5.26. The summed E-state index contributed by atoms with van der Waals surface area (Å²) in [5.74, 6) is 2.81. The molecule has 1 unspecified atom stereocenters. The van der Waals surface area contributed by atoms with Gasteiger partial charge in [-0.1, -0.05) is 6.07 Å². The summed E-state index contributed by atoms with van der Waals surface area (Å²) in [4.78, 5) is 12.3. The predicted molar refractivity (Wildman–Crippen MR) is 96.2 cm³/mol. The van der Waals surface area contributed by atoms with Crippen molar-refractivity contribution in [1.82, 2.24) is 9.78 Å². The Hall–Kier alpha value is -2.50. The smallest absolute Gasteiger partial charge is 0.225 e. The Balaban J connectivity index is 1.57. The second-order valence-corrected chi connectivity index (χ2v) is 6.48. The molecule has 1 aliphatic carbocycles. The number of carbonyl (C=O) groups excluding carboxylic acids is 1. The number of nitrogens with one attached hydrogen (secondary N) is 1. The van der Waals surface area contributed by atoms with E-state index in [0.717, 1.165) is 11.4 Å². The molecule has 1 aromatic carbocycles. The number of ether oxygens (including phenoxy) is 2. The minimum absolute atomic E-state index is 0.0143.